The van der Waals surface area contributed by atoms with Gasteiger partial charge in [-0.05, 0) is 49.2 Å². The summed E-state index contributed by atoms with van der Waals surface area (Å²) in [4.78, 5) is 26.1. The van der Waals surface area contributed by atoms with Crippen molar-refractivity contribution in [3.05, 3.63) is 54.6 Å². The Balaban J connectivity index is 2.06. The highest BCUT2D eigenvalue weighted by Gasteiger charge is 2.57. The molecule has 3 rings (SSSR count). The zero-order valence-corrected chi connectivity index (χ0v) is 11.9. The molecule has 1 fully saturated rings. The van der Waals surface area contributed by atoms with Gasteiger partial charge in [0.1, 0.15) is 11.2 Å². The summed E-state index contributed by atoms with van der Waals surface area (Å²) in [7, 11) is 0. The van der Waals surface area contributed by atoms with Crippen LogP contribution >= 0.6 is 0 Å². The van der Waals surface area contributed by atoms with Crippen LogP contribution in [0.1, 0.15) is 12.8 Å². The molecule has 2 aromatic rings. The molecule has 2 amide bonds. The van der Waals surface area contributed by atoms with E-state index in [2.05, 4.69) is 0 Å². The number of nitrogens with two attached hydrogens (primary N) is 1. The molecule has 1 aliphatic carbocycles. The predicted octanol–water partition coefficient (Wildman–Crippen LogP) is 2.32. The first-order valence-electron chi connectivity index (χ1n) is 7.03. The molecule has 0 spiro atoms. The van der Waals surface area contributed by atoms with Crippen molar-refractivity contribution >= 4 is 23.2 Å². The first kappa shape index (κ1) is 14.1. The number of rotatable bonds is 4. The molecule has 3 N–H and O–H groups in total. The largest absolute Gasteiger partial charge is 0.508 e. The second-order valence-corrected chi connectivity index (χ2v) is 5.44. The minimum atomic E-state index is -1.10. The Kier molecular flexibility index (Phi) is 3.33. The third-order valence-electron chi connectivity index (χ3n) is 3.96. The van der Waals surface area contributed by atoms with E-state index >= 15 is 0 Å². The molecule has 1 aliphatic rings. The van der Waals surface area contributed by atoms with Crippen LogP contribution < -0.4 is 10.6 Å². The number of hydrogen-bond acceptors (Lipinski definition) is 3. The van der Waals surface area contributed by atoms with Gasteiger partial charge >= 0.3 is 0 Å². The highest BCUT2D eigenvalue weighted by Crippen LogP contribution is 2.49. The predicted molar refractivity (Wildman–Crippen MR) is 82.6 cm³/mol. The van der Waals surface area contributed by atoms with E-state index in [0.717, 1.165) is 0 Å². The highest BCUT2D eigenvalue weighted by molar-refractivity contribution is 6.16. The first-order valence-corrected chi connectivity index (χ1v) is 7.03. The van der Waals surface area contributed by atoms with Crippen molar-refractivity contribution in [3.63, 3.8) is 0 Å². The summed E-state index contributed by atoms with van der Waals surface area (Å²) in [6, 6.07) is 15.4. The van der Waals surface area contributed by atoms with E-state index in [1.165, 1.54) is 17.0 Å². The third kappa shape index (κ3) is 2.30. The van der Waals surface area contributed by atoms with Gasteiger partial charge in [0.2, 0.25) is 11.8 Å². The molecule has 0 radical (unpaired) electrons. The number of anilines is 2. The maximum Gasteiger partial charge on any atom is 0.247 e. The summed E-state index contributed by atoms with van der Waals surface area (Å²) >= 11 is 0. The number of carbonyl (C=O) groups excluding carboxylic acids is 2. The fourth-order valence-electron chi connectivity index (χ4n) is 2.47. The summed E-state index contributed by atoms with van der Waals surface area (Å²) in [6.07, 6.45) is 0.950. The molecule has 0 atom stereocenters. The van der Waals surface area contributed by atoms with Gasteiger partial charge in [-0.15, -0.1) is 0 Å². The molecule has 1 saturated carbocycles. The van der Waals surface area contributed by atoms with Crippen LogP contribution in [-0.4, -0.2) is 16.9 Å². The van der Waals surface area contributed by atoms with E-state index in [-0.39, 0.29) is 11.7 Å². The lowest BCUT2D eigenvalue weighted by Gasteiger charge is -2.26. The number of phenols is 1. The number of amides is 2. The van der Waals surface area contributed by atoms with Gasteiger partial charge in [-0.25, -0.2) is 0 Å². The highest BCUT2D eigenvalue weighted by atomic mass is 16.3. The number of hydrogen-bond donors (Lipinski definition) is 2. The molecule has 0 heterocycles. The number of para-hydroxylation sites is 1. The second kappa shape index (κ2) is 5.18. The molecule has 2 aromatic carbocycles. The molecular weight excluding hydrogens is 280 g/mol. The summed E-state index contributed by atoms with van der Waals surface area (Å²) in [5.41, 5.74) is 5.56. The summed E-state index contributed by atoms with van der Waals surface area (Å²) < 4.78 is 0. The summed E-state index contributed by atoms with van der Waals surface area (Å²) in [6.45, 7) is 0. The molecule has 5 nitrogen and oxygen atoms in total. The van der Waals surface area contributed by atoms with Gasteiger partial charge in [-0.3, -0.25) is 14.5 Å². The Morgan fingerprint density at radius 2 is 1.50 bits per heavy atom. The minimum absolute atomic E-state index is 0.111. The van der Waals surface area contributed by atoms with Crippen LogP contribution in [0, 0.1) is 5.41 Å². The van der Waals surface area contributed by atoms with Gasteiger partial charge in [0.05, 0.1) is 0 Å². The van der Waals surface area contributed by atoms with E-state index in [0.29, 0.717) is 24.2 Å². The Hall–Kier alpha value is -2.82. The number of aromatic hydroxyl groups is 1. The van der Waals surface area contributed by atoms with E-state index in [9.17, 15) is 14.7 Å². The van der Waals surface area contributed by atoms with Crippen LogP contribution in [0.25, 0.3) is 0 Å². The van der Waals surface area contributed by atoms with Crippen LogP contribution in [0.4, 0.5) is 11.4 Å². The lowest BCUT2D eigenvalue weighted by molar-refractivity contribution is -0.133. The number of benzene rings is 2. The van der Waals surface area contributed by atoms with Gasteiger partial charge in [-0.2, -0.15) is 0 Å². The normalized spacial score (nSPS) is 15.1. The van der Waals surface area contributed by atoms with E-state index in [1.54, 1.807) is 24.3 Å². The first-order chi connectivity index (χ1) is 10.5. The molecule has 22 heavy (non-hydrogen) atoms. The van der Waals surface area contributed by atoms with Crippen LogP contribution in [-0.2, 0) is 9.59 Å². The quantitative estimate of drug-likeness (QED) is 0.849. The van der Waals surface area contributed by atoms with Crippen LogP contribution in [0.5, 0.6) is 5.75 Å². The van der Waals surface area contributed by atoms with Gasteiger partial charge in [0, 0.05) is 11.4 Å². The number of phenolic OH excluding ortho intramolecular Hbond substituents is 1. The lowest BCUT2D eigenvalue weighted by Crippen LogP contribution is -2.41. The molecule has 0 aromatic heterocycles. The second-order valence-electron chi connectivity index (χ2n) is 5.44. The zero-order valence-electron chi connectivity index (χ0n) is 11.9. The lowest BCUT2D eigenvalue weighted by atomic mass is 10.0. The Bertz CT molecular complexity index is 706. The van der Waals surface area contributed by atoms with E-state index < -0.39 is 11.3 Å². The fraction of sp³-hybridized carbons (Fsp3) is 0.176. The maximum atomic E-state index is 12.9. The zero-order chi connectivity index (χ0) is 15.7. The van der Waals surface area contributed by atoms with Gasteiger partial charge in [-0.1, -0.05) is 18.2 Å². The van der Waals surface area contributed by atoms with Crippen molar-refractivity contribution in [2.45, 2.75) is 12.8 Å². The molecule has 112 valence electrons. The molecule has 0 saturated heterocycles. The van der Waals surface area contributed by atoms with Crippen molar-refractivity contribution in [2.24, 2.45) is 11.1 Å². The Morgan fingerprint density at radius 3 is 2.00 bits per heavy atom. The van der Waals surface area contributed by atoms with Crippen molar-refractivity contribution < 1.29 is 14.7 Å². The number of nitrogens with zero attached hydrogens (tertiary/aromatic N) is 1. The van der Waals surface area contributed by atoms with Crippen molar-refractivity contribution in [2.75, 3.05) is 4.90 Å². The smallest absolute Gasteiger partial charge is 0.247 e. The van der Waals surface area contributed by atoms with Crippen molar-refractivity contribution in [1.29, 1.82) is 0 Å². The monoisotopic (exact) mass is 296 g/mol. The minimum Gasteiger partial charge on any atom is -0.508 e. The van der Waals surface area contributed by atoms with Crippen molar-refractivity contribution in [3.8, 4) is 5.75 Å². The molecule has 5 heteroatoms. The molecule has 0 unspecified atom stereocenters. The third-order valence-corrected chi connectivity index (χ3v) is 3.96. The fourth-order valence-corrected chi connectivity index (χ4v) is 2.47. The Labute approximate surface area is 128 Å². The van der Waals surface area contributed by atoms with E-state index in [4.69, 9.17) is 5.73 Å². The summed E-state index contributed by atoms with van der Waals surface area (Å²) in [5, 5.41) is 9.43. The average Bonchev–Trinajstić information content (AvgIpc) is 3.32. The topological polar surface area (TPSA) is 83.6 Å². The SMILES string of the molecule is NC(=O)C1(C(=O)N(c2ccccc2)c2ccc(O)cc2)CC1. The van der Waals surface area contributed by atoms with Crippen LogP contribution in [0.15, 0.2) is 54.6 Å². The number of primary amides is 1. The van der Waals surface area contributed by atoms with E-state index in [1.807, 2.05) is 18.2 Å². The van der Waals surface area contributed by atoms with Gasteiger partial charge in [0.15, 0.2) is 0 Å². The standard InChI is InChI=1S/C17H16N2O3/c18-15(21)17(10-11-17)16(22)19(12-4-2-1-3-5-12)13-6-8-14(20)9-7-13/h1-9,20H,10-11H2,(H2,18,21). The maximum absolute atomic E-state index is 12.9. The molecule has 0 aliphatic heterocycles. The molecule has 0 bridgehead atoms. The van der Waals surface area contributed by atoms with Crippen LogP contribution in [0.3, 0.4) is 0 Å². The number of carbonyl (C=O) groups is 2. The summed E-state index contributed by atoms with van der Waals surface area (Å²) in [5.74, 6) is -0.797. The molecular formula is C17H16N2O3. The van der Waals surface area contributed by atoms with Crippen molar-refractivity contribution in [1.82, 2.24) is 0 Å². The average molecular weight is 296 g/mol. The van der Waals surface area contributed by atoms with Crippen LogP contribution in [0.2, 0.25) is 0 Å². The van der Waals surface area contributed by atoms with Gasteiger partial charge in [0.25, 0.3) is 0 Å². The Morgan fingerprint density at radius 1 is 0.955 bits per heavy atom. The van der Waals surface area contributed by atoms with Gasteiger partial charge < -0.3 is 10.8 Å².